The van der Waals surface area contributed by atoms with Crippen LogP contribution in [0.25, 0.3) is 5.65 Å². The molecule has 20 heavy (non-hydrogen) atoms. The van der Waals surface area contributed by atoms with Gasteiger partial charge in [-0.3, -0.25) is 8.61 Å². The van der Waals surface area contributed by atoms with Crippen molar-refractivity contribution in [3.05, 3.63) is 30.1 Å². The highest BCUT2D eigenvalue weighted by molar-refractivity contribution is 7.84. The van der Waals surface area contributed by atoms with Crippen LogP contribution in [0.4, 0.5) is 5.82 Å². The molecule has 0 saturated carbocycles. The van der Waals surface area contributed by atoms with Crippen molar-refractivity contribution in [2.24, 2.45) is 0 Å². The summed E-state index contributed by atoms with van der Waals surface area (Å²) in [5.41, 5.74) is 0.698. The molecule has 0 amide bonds. The highest BCUT2D eigenvalue weighted by Crippen LogP contribution is 2.19. The van der Waals surface area contributed by atoms with Gasteiger partial charge in [-0.2, -0.15) is 0 Å². The van der Waals surface area contributed by atoms with Crippen molar-refractivity contribution < 1.29 is 14.1 Å². The van der Waals surface area contributed by atoms with Gasteiger partial charge in [-0.05, 0) is 25.5 Å². The molecule has 2 aromatic rings. The van der Waals surface area contributed by atoms with Crippen LogP contribution in [0.3, 0.4) is 0 Å². The minimum absolute atomic E-state index is 0.00177. The Morgan fingerprint density at radius 3 is 2.95 bits per heavy atom. The molecule has 0 aliphatic rings. The fourth-order valence-electron chi connectivity index (χ4n) is 1.95. The first kappa shape index (κ1) is 14.5. The lowest BCUT2D eigenvalue weighted by Crippen LogP contribution is -2.20. The summed E-state index contributed by atoms with van der Waals surface area (Å²) in [6, 6.07) is 5.32. The number of carboxylic acid groups (broad SMARTS) is 1. The molecule has 7 heteroatoms. The topological polar surface area (TPSA) is 83.7 Å². The number of fused-ring (bicyclic) bond motifs is 1. The summed E-state index contributed by atoms with van der Waals surface area (Å²) in [6.45, 7) is 1.92. The summed E-state index contributed by atoms with van der Waals surface area (Å²) in [5, 5.41) is 12.4. The molecule has 0 radical (unpaired) electrons. The highest BCUT2D eigenvalue weighted by atomic mass is 32.2. The van der Waals surface area contributed by atoms with E-state index in [9.17, 15) is 14.1 Å². The molecule has 2 N–H and O–H groups in total. The van der Waals surface area contributed by atoms with E-state index in [-0.39, 0.29) is 11.7 Å². The summed E-state index contributed by atoms with van der Waals surface area (Å²) >= 11 is 0. The van der Waals surface area contributed by atoms with Crippen LogP contribution in [0.15, 0.2) is 24.4 Å². The number of carbonyl (C=O) groups is 1. The molecular formula is C13H17N3O3S. The van der Waals surface area contributed by atoms with Crippen LogP contribution >= 0.6 is 0 Å². The summed E-state index contributed by atoms with van der Waals surface area (Å²) < 4.78 is 12.6. The number of nitrogens with one attached hydrogen (secondary N) is 1. The van der Waals surface area contributed by atoms with Crippen LogP contribution in [-0.2, 0) is 10.8 Å². The zero-order valence-corrected chi connectivity index (χ0v) is 12.2. The Balaban J connectivity index is 2.27. The monoisotopic (exact) mass is 295 g/mol. The molecule has 108 valence electrons. The largest absolute Gasteiger partial charge is 0.476 e. The first-order valence-corrected chi connectivity index (χ1v) is 7.98. The molecular weight excluding hydrogens is 278 g/mol. The number of aromatic carboxylic acids is 1. The molecule has 6 nitrogen and oxygen atoms in total. The predicted molar refractivity (Wildman–Crippen MR) is 78.8 cm³/mol. The molecule has 2 atom stereocenters. The SMILES string of the molecule is CC(CCS(C)=O)Nc1nc2ccccn2c1C(=O)O. The summed E-state index contributed by atoms with van der Waals surface area (Å²) in [7, 11) is -0.855. The van der Waals surface area contributed by atoms with Crippen molar-refractivity contribution in [2.45, 2.75) is 19.4 Å². The molecule has 0 spiro atoms. The number of nitrogens with zero attached hydrogens (tertiary/aromatic N) is 2. The average Bonchev–Trinajstić information content (AvgIpc) is 2.74. The maximum Gasteiger partial charge on any atom is 0.356 e. The molecule has 2 rings (SSSR count). The number of imidazole rings is 1. The number of carboxylic acids is 1. The van der Waals surface area contributed by atoms with Crippen molar-refractivity contribution >= 4 is 28.2 Å². The van der Waals surface area contributed by atoms with Gasteiger partial charge >= 0.3 is 5.97 Å². The zero-order valence-electron chi connectivity index (χ0n) is 11.4. The lowest BCUT2D eigenvalue weighted by molar-refractivity contribution is 0.0690. The van der Waals surface area contributed by atoms with E-state index in [1.54, 1.807) is 30.7 Å². The van der Waals surface area contributed by atoms with E-state index in [1.165, 1.54) is 4.40 Å². The maximum absolute atomic E-state index is 11.4. The van der Waals surface area contributed by atoms with E-state index in [2.05, 4.69) is 10.3 Å². The Morgan fingerprint density at radius 2 is 2.30 bits per heavy atom. The molecule has 0 aromatic carbocycles. The summed E-state index contributed by atoms with van der Waals surface area (Å²) in [4.78, 5) is 15.7. The number of rotatable bonds is 6. The second-order valence-corrected chi connectivity index (χ2v) is 6.21. The van der Waals surface area contributed by atoms with Crippen LogP contribution in [0, 0.1) is 0 Å². The Bertz CT molecular complexity index is 653. The van der Waals surface area contributed by atoms with Gasteiger partial charge in [0.1, 0.15) is 5.65 Å². The molecule has 0 bridgehead atoms. The fourth-order valence-corrected chi connectivity index (χ4v) is 2.63. The molecule has 2 aromatic heterocycles. The third-order valence-electron chi connectivity index (χ3n) is 2.95. The first-order chi connectivity index (χ1) is 9.49. The first-order valence-electron chi connectivity index (χ1n) is 6.26. The van der Waals surface area contributed by atoms with E-state index in [4.69, 9.17) is 0 Å². The Morgan fingerprint density at radius 1 is 1.55 bits per heavy atom. The van der Waals surface area contributed by atoms with Crippen molar-refractivity contribution in [1.29, 1.82) is 0 Å². The molecule has 2 unspecified atom stereocenters. The van der Waals surface area contributed by atoms with Crippen molar-refractivity contribution in [1.82, 2.24) is 9.38 Å². The molecule has 2 heterocycles. The Labute approximate surface area is 119 Å². The maximum atomic E-state index is 11.4. The van der Waals surface area contributed by atoms with Gasteiger partial charge in [0.05, 0.1) is 0 Å². The molecule has 0 saturated heterocycles. The van der Waals surface area contributed by atoms with Gasteiger partial charge in [-0.25, -0.2) is 9.78 Å². The zero-order chi connectivity index (χ0) is 14.7. The lowest BCUT2D eigenvalue weighted by Gasteiger charge is -2.12. The van der Waals surface area contributed by atoms with Crippen LogP contribution in [0.1, 0.15) is 23.8 Å². The minimum atomic E-state index is -1.03. The molecule has 0 aliphatic heterocycles. The van der Waals surface area contributed by atoms with Gasteiger partial charge in [-0.1, -0.05) is 6.07 Å². The normalized spacial score (nSPS) is 14.1. The van der Waals surface area contributed by atoms with Crippen molar-refractivity contribution in [2.75, 3.05) is 17.3 Å². The lowest BCUT2D eigenvalue weighted by atomic mass is 10.2. The van der Waals surface area contributed by atoms with Crippen LogP contribution in [0.2, 0.25) is 0 Å². The van der Waals surface area contributed by atoms with E-state index in [1.807, 2.05) is 6.92 Å². The van der Waals surface area contributed by atoms with E-state index >= 15 is 0 Å². The third-order valence-corrected chi connectivity index (χ3v) is 3.76. The van der Waals surface area contributed by atoms with E-state index < -0.39 is 16.8 Å². The van der Waals surface area contributed by atoms with Crippen molar-refractivity contribution in [3.8, 4) is 0 Å². The number of pyridine rings is 1. The summed E-state index contributed by atoms with van der Waals surface area (Å²) in [6.07, 6.45) is 4.01. The van der Waals surface area contributed by atoms with Crippen LogP contribution in [-0.4, -0.2) is 42.7 Å². The average molecular weight is 295 g/mol. The summed E-state index contributed by atoms with van der Waals surface area (Å²) in [5.74, 6) is -0.111. The quantitative estimate of drug-likeness (QED) is 0.845. The van der Waals surface area contributed by atoms with Gasteiger partial charge in [0.2, 0.25) is 0 Å². The second kappa shape index (κ2) is 6.04. The van der Waals surface area contributed by atoms with E-state index in [0.717, 1.165) is 0 Å². The number of aromatic nitrogens is 2. The highest BCUT2D eigenvalue weighted by Gasteiger charge is 2.19. The molecule has 0 aliphatic carbocycles. The standard InChI is InChI=1S/C13H17N3O3S/c1-9(6-8-20(2)19)14-12-11(13(17)18)16-7-4-3-5-10(16)15-12/h3-5,7,9,14H,6,8H2,1-2H3,(H,17,18). The smallest absolute Gasteiger partial charge is 0.356 e. The Hall–Kier alpha value is -1.89. The second-order valence-electron chi connectivity index (χ2n) is 4.65. The van der Waals surface area contributed by atoms with Crippen LogP contribution in [0.5, 0.6) is 0 Å². The third kappa shape index (κ3) is 3.16. The van der Waals surface area contributed by atoms with Gasteiger partial charge in [-0.15, -0.1) is 0 Å². The van der Waals surface area contributed by atoms with Gasteiger partial charge in [0.25, 0.3) is 0 Å². The minimum Gasteiger partial charge on any atom is -0.476 e. The predicted octanol–water partition coefficient (Wildman–Crippen LogP) is 1.60. The number of anilines is 1. The fraction of sp³-hybridized carbons (Fsp3) is 0.385. The number of hydrogen-bond donors (Lipinski definition) is 2. The van der Waals surface area contributed by atoms with Crippen LogP contribution < -0.4 is 5.32 Å². The van der Waals surface area contributed by atoms with Gasteiger partial charge in [0, 0.05) is 35.0 Å². The molecule has 0 fully saturated rings. The van der Waals surface area contributed by atoms with Gasteiger partial charge in [0.15, 0.2) is 11.5 Å². The number of hydrogen-bond acceptors (Lipinski definition) is 4. The van der Waals surface area contributed by atoms with Crippen molar-refractivity contribution in [3.63, 3.8) is 0 Å². The van der Waals surface area contributed by atoms with E-state index in [0.29, 0.717) is 23.6 Å². The Kier molecular flexibility index (Phi) is 4.39. The van der Waals surface area contributed by atoms with Gasteiger partial charge < -0.3 is 10.4 Å².